The van der Waals surface area contributed by atoms with Gasteiger partial charge >= 0.3 is 6.03 Å². The number of urea groups is 1. The molecule has 1 atom stereocenters. The van der Waals surface area contributed by atoms with Crippen LogP contribution in [-0.4, -0.2) is 16.2 Å². The van der Waals surface area contributed by atoms with Crippen molar-refractivity contribution in [3.63, 3.8) is 0 Å². The third-order valence-electron chi connectivity index (χ3n) is 5.87. The zero-order chi connectivity index (χ0) is 24.7. The summed E-state index contributed by atoms with van der Waals surface area (Å²) in [6.45, 7) is 5.77. The molecule has 1 unspecified atom stereocenters. The molecule has 1 aliphatic heterocycles. The van der Waals surface area contributed by atoms with Crippen LogP contribution in [0.2, 0.25) is 5.02 Å². The molecule has 2 heterocycles. The lowest BCUT2D eigenvalue weighted by Gasteiger charge is -2.35. The molecule has 176 valence electrons. The summed E-state index contributed by atoms with van der Waals surface area (Å²) in [7, 11) is 0. The maximum atomic E-state index is 14.1. The first kappa shape index (κ1) is 22.8. The number of nitrogens with zero attached hydrogens (tertiary/aromatic N) is 3. The number of anilines is 1. The van der Waals surface area contributed by atoms with Gasteiger partial charge in [0.25, 0.3) is 5.89 Å². The Hall–Kier alpha value is -3.97. The van der Waals surface area contributed by atoms with Crippen molar-refractivity contribution in [3.05, 3.63) is 106 Å². The SMILES string of the molecule is CC1=C(c2nc(-c3cccc(Cl)c3)no2)C(c2cccc(F)c2)NC(=O)N1c1cc(C)cc(C)c1. The lowest BCUT2D eigenvalue weighted by atomic mass is 9.94. The first-order valence-electron chi connectivity index (χ1n) is 11.1. The van der Waals surface area contributed by atoms with Crippen molar-refractivity contribution in [3.8, 4) is 11.4 Å². The molecule has 1 aliphatic rings. The van der Waals surface area contributed by atoms with Crippen LogP contribution in [0.3, 0.4) is 0 Å². The van der Waals surface area contributed by atoms with Crippen molar-refractivity contribution in [2.75, 3.05) is 4.90 Å². The Morgan fingerprint density at radius 3 is 2.46 bits per heavy atom. The monoisotopic (exact) mass is 488 g/mol. The molecule has 5 rings (SSSR count). The smallest absolute Gasteiger partial charge is 0.326 e. The van der Waals surface area contributed by atoms with Gasteiger partial charge in [-0.15, -0.1) is 0 Å². The summed E-state index contributed by atoms with van der Waals surface area (Å²) in [6, 6.07) is 18.1. The van der Waals surface area contributed by atoms with Gasteiger partial charge in [-0.3, -0.25) is 4.90 Å². The second-order valence-electron chi connectivity index (χ2n) is 8.55. The average molecular weight is 489 g/mol. The van der Waals surface area contributed by atoms with Crippen LogP contribution in [0.25, 0.3) is 17.0 Å². The van der Waals surface area contributed by atoms with E-state index in [1.807, 2.05) is 45.0 Å². The van der Waals surface area contributed by atoms with Gasteiger partial charge in [-0.2, -0.15) is 4.98 Å². The largest absolute Gasteiger partial charge is 0.334 e. The van der Waals surface area contributed by atoms with Crippen molar-refractivity contribution in [2.45, 2.75) is 26.8 Å². The van der Waals surface area contributed by atoms with Gasteiger partial charge in [0.1, 0.15) is 5.82 Å². The Bertz CT molecular complexity index is 1460. The average Bonchev–Trinajstić information content (AvgIpc) is 3.28. The number of nitrogens with one attached hydrogen (secondary N) is 1. The summed E-state index contributed by atoms with van der Waals surface area (Å²) >= 11 is 6.13. The number of hydrogen-bond donors (Lipinski definition) is 1. The molecule has 1 N–H and O–H groups in total. The lowest BCUT2D eigenvalue weighted by Crippen LogP contribution is -2.46. The van der Waals surface area contributed by atoms with Crippen LogP contribution in [0.15, 0.2) is 77.0 Å². The molecule has 0 spiro atoms. The highest BCUT2D eigenvalue weighted by Gasteiger charge is 2.36. The summed E-state index contributed by atoms with van der Waals surface area (Å²) in [4.78, 5) is 19.5. The standard InChI is InChI=1S/C27H22ClFN4O2/c1-15-10-16(2)12-22(11-15)33-17(3)23(24(30-27(33)34)18-6-5-9-21(29)14-18)26-31-25(32-35-26)19-7-4-8-20(28)13-19/h4-14,24H,1-3H3,(H,30,34). The predicted molar refractivity (Wildman–Crippen MR) is 133 cm³/mol. The van der Waals surface area contributed by atoms with Gasteiger partial charge in [0.15, 0.2) is 0 Å². The second kappa shape index (κ2) is 9.00. The highest BCUT2D eigenvalue weighted by atomic mass is 35.5. The number of aryl methyl sites for hydroxylation is 2. The number of carbonyl (C=O) groups excluding carboxylic acids is 1. The van der Waals surface area contributed by atoms with Gasteiger partial charge in [0.05, 0.1) is 17.3 Å². The Morgan fingerprint density at radius 2 is 1.74 bits per heavy atom. The molecule has 8 heteroatoms. The maximum Gasteiger partial charge on any atom is 0.326 e. The lowest BCUT2D eigenvalue weighted by molar-refractivity contribution is 0.244. The quantitative estimate of drug-likeness (QED) is 0.341. The van der Waals surface area contributed by atoms with E-state index in [4.69, 9.17) is 16.1 Å². The van der Waals surface area contributed by atoms with E-state index in [2.05, 4.69) is 15.5 Å². The fourth-order valence-corrected chi connectivity index (χ4v) is 4.61. The first-order chi connectivity index (χ1) is 16.8. The summed E-state index contributed by atoms with van der Waals surface area (Å²) in [5, 5.41) is 7.69. The molecule has 3 aromatic carbocycles. The van der Waals surface area contributed by atoms with Crippen LogP contribution < -0.4 is 10.2 Å². The Labute approximate surface area is 207 Å². The van der Waals surface area contributed by atoms with Crippen LogP contribution in [0.1, 0.15) is 35.5 Å². The van der Waals surface area contributed by atoms with E-state index in [-0.39, 0.29) is 11.9 Å². The van der Waals surface area contributed by atoms with Gasteiger partial charge in [0.2, 0.25) is 5.82 Å². The zero-order valence-electron chi connectivity index (χ0n) is 19.3. The zero-order valence-corrected chi connectivity index (χ0v) is 20.1. The van der Waals surface area contributed by atoms with E-state index in [0.717, 1.165) is 11.1 Å². The van der Waals surface area contributed by atoms with E-state index in [0.29, 0.717) is 38.9 Å². The number of allylic oxidation sites excluding steroid dienone is 1. The Morgan fingerprint density at radius 1 is 1.00 bits per heavy atom. The number of halogens is 2. The highest BCUT2D eigenvalue weighted by Crippen LogP contribution is 2.39. The van der Waals surface area contributed by atoms with E-state index in [9.17, 15) is 9.18 Å². The van der Waals surface area contributed by atoms with Gasteiger partial charge in [0, 0.05) is 16.3 Å². The molecule has 2 amide bonds. The van der Waals surface area contributed by atoms with E-state index < -0.39 is 11.9 Å². The van der Waals surface area contributed by atoms with Crippen LogP contribution in [0, 0.1) is 19.7 Å². The molecule has 4 aromatic rings. The number of amides is 2. The predicted octanol–water partition coefficient (Wildman–Crippen LogP) is 6.85. The minimum Gasteiger partial charge on any atom is -0.334 e. The van der Waals surface area contributed by atoms with Crippen molar-refractivity contribution < 1.29 is 13.7 Å². The van der Waals surface area contributed by atoms with Crippen LogP contribution >= 0.6 is 11.6 Å². The Kier molecular flexibility index (Phi) is 5.86. The normalized spacial score (nSPS) is 16.0. The van der Waals surface area contributed by atoms with Crippen LogP contribution in [-0.2, 0) is 0 Å². The summed E-state index contributed by atoms with van der Waals surface area (Å²) in [5.41, 5.74) is 5.20. The number of rotatable bonds is 4. The Balaban J connectivity index is 1.68. The molecule has 6 nitrogen and oxygen atoms in total. The van der Waals surface area contributed by atoms with Gasteiger partial charge in [-0.1, -0.05) is 47.1 Å². The van der Waals surface area contributed by atoms with Crippen molar-refractivity contribution in [2.24, 2.45) is 0 Å². The van der Waals surface area contributed by atoms with Crippen LogP contribution in [0.5, 0.6) is 0 Å². The maximum absolute atomic E-state index is 14.1. The van der Waals surface area contributed by atoms with Crippen LogP contribution in [0.4, 0.5) is 14.9 Å². The fraction of sp³-hybridized carbons (Fsp3) is 0.148. The molecule has 0 fully saturated rings. The molecule has 0 bridgehead atoms. The summed E-state index contributed by atoms with van der Waals surface area (Å²) in [5.74, 6) is 0.174. The summed E-state index contributed by atoms with van der Waals surface area (Å²) in [6.07, 6.45) is 0. The van der Waals surface area contributed by atoms with Crippen molar-refractivity contribution >= 4 is 28.9 Å². The van der Waals surface area contributed by atoms with Gasteiger partial charge < -0.3 is 9.84 Å². The van der Waals surface area contributed by atoms with Crippen molar-refractivity contribution in [1.82, 2.24) is 15.5 Å². The third kappa shape index (κ3) is 4.42. The molecule has 0 saturated heterocycles. The summed E-state index contributed by atoms with van der Waals surface area (Å²) < 4.78 is 19.8. The number of aromatic nitrogens is 2. The molecular formula is C27H22ClFN4O2. The number of hydrogen-bond acceptors (Lipinski definition) is 4. The second-order valence-corrected chi connectivity index (χ2v) is 8.99. The number of benzene rings is 3. The fourth-order valence-electron chi connectivity index (χ4n) is 4.42. The molecule has 0 aliphatic carbocycles. The molecule has 0 saturated carbocycles. The highest BCUT2D eigenvalue weighted by molar-refractivity contribution is 6.30. The van der Waals surface area contributed by atoms with Gasteiger partial charge in [-0.25, -0.2) is 9.18 Å². The van der Waals surface area contributed by atoms with E-state index >= 15 is 0 Å². The molecule has 1 aromatic heterocycles. The number of carbonyl (C=O) groups is 1. The topological polar surface area (TPSA) is 71.3 Å². The van der Waals surface area contributed by atoms with E-state index in [1.165, 1.54) is 12.1 Å². The third-order valence-corrected chi connectivity index (χ3v) is 6.11. The first-order valence-corrected chi connectivity index (χ1v) is 11.4. The molecule has 0 radical (unpaired) electrons. The van der Waals surface area contributed by atoms with E-state index in [1.54, 1.807) is 35.2 Å². The molecule has 35 heavy (non-hydrogen) atoms. The minimum atomic E-state index is -0.687. The van der Waals surface area contributed by atoms with Crippen molar-refractivity contribution in [1.29, 1.82) is 0 Å². The molecular weight excluding hydrogens is 467 g/mol. The minimum absolute atomic E-state index is 0.223. The van der Waals surface area contributed by atoms with Gasteiger partial charge in [-0.05, 0) is 73.9 Å².